The van der Waals surface area contributed by atoms with Crippen molar-refractivity contribution in [3.8, 4) is 0 Å². The van der Waals surface area contributed by atoms with Crippen molar-refractivity contribution in [1.82, 2.24) is 10.6 Å². The van der Waals surface area contributed by atoms with Crippen LogP contribution in [0.15, 0.2) is 0 Å². The fraction of sp³-hybridized carbons (Fsp3) is 0.900. The first-order valence-electron chi connectivity index (χ1n) is 5.16. The minimum atomic E-state index is 0.120. The van der Waals surface area contributed by atoms with Gasteiger partial charge in [-0.15, -0.1) is 0 Å². The van der Waals surface area contributed by atoms with E-state index < -0.39 is 0 Å². The summed E-state index contributed by atoms with van der Waals surface area (Å²) in [7, 11) is 0. The van der Waals surface area contributed by atoms with E-state index in [2.05, 4.69) is 24.5 Å². The number of nitrogens with one attached hydrogen (secondary N) is 2. The first kappa shape index (κ1) is 10.5. The van der Waals surface area contributed by atoms with Crippen molar-refractivity contribution in [2.24, 2.45) is 11.8 Å². The summed E-state index contributed by atoms with van der Waals surface area (Å²) in [6.07, 6.45) is 2.67. The molecule has 0 radical (unpaired) electrons. The van der Waals surface area contributed by atoms with Gasteiger partial charge in [-0.1, -0.05) is 13.8 Å². The number of carbonyl (C=O) groups excluding carboxylic acids is 1. The molecule has 0 spiro atoms. The SMILES string of the molecule is CC(C)CNC(=O)CNCC1CC1. The van der Waals surface area contributed by atoms with Gasteiger partial charge in [-0.3, -0.25) is 4.79 Å². The molecule has 1 saturated carbocycles. The largest absolute Gasteiger partial charge is 0.355 e. The molecule has 0 aromatic carbocycles. The maximum atomic E-state index is 11.2. The minimum absolute atomic E-state index is 0.120. The Labute approximate surface area is 80.3 Å². The molecule has 13 heavy (non-hydrogen) atoms. The van der Waals surface area contributed by atoms with Crippen LogP contribution in [-0.2, 0) is 4.79 Å². The van der Waals surface area contributed by atoms with Gasteiger partial charge in [0.05, 0.1) is 6.54 Å². The van der Waals surface area contributed by atoms with E-state index in [1.807, 2.05) is 0 Å². The Balaban J connectivity index is 1.90. The molecule has 0 bridgehead atoms. The average molecular weight is 184 g/mol. The van der Waals surface area contributed by atoms with Crippen LogP contribution in [0.4, 0.5) is 0 Å². The van der Waals surface area contributed by atoms with Crippen molar-refractivity contribution in [2.75, 3.05) is 19.6 Å². The molecule has 1 amide bonds. The zero-order valence-electron chi connectivity index (χ0n) is 8.60. The Bertz CT molecular complexity index is 164. The van der Waals surface area contributed by atoms with Crippen molar-refractivity contribution in [2.45, 2.75) is 26.7 Å². The number of amides is 1. The second-order valence-electron chi connectivity index (χ2n) is 4.27. The Morgan fingerprint density at radius 1 is 1.46 bits per heavy atom. The summed E-state index contributed by atoms with van der Waals surface area (Å²) in [4.78, 5) is 11.2. The lowest BCUT2D eigenvalue weighted by molar-refractivity contribution is -0.120. The summed E-state index contributed by atoms with van der Waals surface area (Å²) in [5.41, 5.74) is 0. The van der Waals surface area contributed by atoms with Gasteiger partial charge in [0.2, 0.25) is 5.91 Å². The molecule has 0 aromatic heterocycles. The maximum Gasteiger partial charge on any atom is 0.233 e. The molecule has 2 N–H and O–H groups in total. The van der Waals surface area contributed by atoms with Crippen molar-refractivity contribution < 1.29 is 4.79 Å². The molecular formula is C10H20N2O. The molecule has 3 nitrogen and oxygen atoms in total. The normalized spacial score (nSPS) is 16.2. The van der Waals surface area contributed by atoms with Crippen LogP contribution in [0, 0.1) is 11.8 Å². The molecule has 3 heteroatoms. The topological polar surface area (TPSA) is 41.1 Å². The van der Waals surface area contributed by atoms with Gasteiger partial charge in [-0.05, 0) is 31.2 Å². The van der Waals surface area contributed by atoms with Crippen molar-refractivity contribution in [3.05, 3.63) is 0 Å². The van der Waals surface area contributed by atoms with Crippen LogP contribution in [0.1, 0.15) is 26.7 Å². The van der Waals surface area contributed by atoms with Crippen LogP contribution in [0.3, 0.4) is 0 Å². The summed E-state index contributed by atoms with van der Waals surface area (Å²) in [5.74, 6) is 1.50. The predicted octanol–water partition coefficient (Wildman–Crippen LogP) is 0.758. The first-order valence-corrected chi connectivity index (χ1v) is 5.16. The Kier molecular flexibility index (Phi) is 4.22. The van der Waals surface area contributed by atoms with Crippen LogP contribution in [0.5, 0.6) is 0 Å². The zero-order chi connectivity index (χ0) is 9.68. The van der Waals surface area contributed by atoms with Crippen molar-refractivity contribution >= 4 is 5.91 Å². The molecule has 0 saturated heterocycles. The van der Waals surface area contributed by atoms with Crippen LogP contribution in [0.25, 0.3) is 0 Å². The summed E-state index contributed by atoms with van der Waals surface area (Å²) in [6, 6.07) is 0. The van der Waals surface area contributed by atoms with E-state index in [0.717, 1.165) is 19.0 Å². The molecule has 0 heterocycles. The average Bonchev–Trinajstić information content (AvgIpc) is 2.84. The minimum Gasteiger partial charge on any atom is -0.355 e. The van der Waals surface area contributed by atoms with Gasteiger partial charge in [0.15, 0.2) is 0 Å². The van der Waals surface area contributed by atoms with E-state index in [0.29, 0.717) is 12.5 Å². The Hall–Kier alpha value is -0.570. The lowest BCUT2D eigenvalue weighted by atomic mass is 10.2. The highest BCUT2D eigenvalue weighted by Gasteiger charge is 2.20. The molecule has 1 aliphatic carbocycles. The molecule has 0 unspecified atom stereocenters. The second kappa shape index (κ2) is 5.22. The van der Waals surface area contributed by atoms with Gasteiger partial charge in [0, 0.05) is 6.54 Å². The van der Waals surface area contributed by atoms with E-state index in [9.17, 15) is 4.79 Å². The van der Waals surface area contributed by atoms with E-state index >= 15 is 0 Å². The van der Waals surface area contributed by atoms with Crippen LogP contribution in [0.2, 0.25) is 0 Å². The number of carbonyl (C=O) groups is 1. The Morgan fingerprint density at radius 2 is 2.15 bits per heavy atom. The number of hydrogen-bond acceptors (Lipinski definition) is 2. The third kappa shape index (κ3) is 5.64. The summed E-state index contributed by atoms with van der Waals surface area (Å²) >= 11 is 0. The molecule has 0 atom stereocenters. The van der Waals surface area contributed by atoms with Crippen LogP contribution < -0.4 is 10.6 Å². The molecule has 1 aliphatic rings. The van der Waals surface area contributed by atoms with Gasteiger partial charge in [-0.2, -0.15) is 0 Å². The van der Waals surface area contributed by atoms with E-state index in [-0.39, 0.29) is 5.91 Å². The third-order valence-corrected chi connectivity index (χ3v) is 2.12. The number of hydrogen-bond donors (Lipinski definition) is 2. The predicted molar refractivity (Wildman–Crippen MR) is 53.4 cm³/mol. The van der Waals surface area contributed by atoms with Crippen molar-refractivity contribution in [1.29, 1.82) is 0 Å². The number of rotatable bonds is 6. The molecule has 0 aromatic rings. The fourth-order valence-corrected chi connectivity index (χ4v) is 1.09. The third-order valence-electron chi connectivity index (χ3n) is 2.12. The van der Waals surface area contributed by atoms with E-state index in [4.69, 9.17) is 0 Å². The monoisotopic (exact) mass is 184 g/mol. The van der Waals surface area contributed by atoms with Gasteiger partial charge < -0.3 is 10.6 Å². The summed E-state index contributed by atoms with van der Waals surface area (Å²) in [6.45, 7) is 6.46. The lowest BCUT2D eigenvalue weighted by Gasteiger charge is -2.07. The Morgan fingerprint density at radius 3 is 2.69 bits per heavy atom. The van der Waals surface area contributed by atoms with E-state index in [1.54, 1.807) is 0 Å². The maximum absolute atomic E-state index is 11.2. The second-order valence-corrected chi connectivity index (χ2v) is 4.27. The molecular weight excluding hydrogens is 164 g/mol. The quantitative estimate of drug-likeness (QED) is 0.640. The summed E-state index contributed by atoms with van der Waals surface area (Å²) < 4.78 is 0. The van der Waals surface area contributed by atoms with Crippen LogP contribution in [-0.4, -0.2) is 25.5 Å². The molecule has 1 rings (SSSR count). The molecule has 1 fully saturated rings. The summed E-state index contributed by atoms with van der Waals surface area (Å²) in [5, 5.41) is 6.03. The smallest absolute Gasteiger partial charge is 0.233 e. The van der Waals surface area contributed by atoms with E-state index in [1.165, 1.54) is 12.8 Å². The highest BCUT2D eigenvalue weighted by Crippen LogP contribution is 2.27. The van der Waals surface area contributed by atoms with Gasteiger partial charge >= 0.3 is 0 Å². The standard InChI is InChI=1S/C10H20N2O/c1-8(2)5-12-10(13)7-11-6-9-3-4-9/h8-9,11H,3-7H2,1-2H3,(H,12,13). The molecule has 76 valence electrons. The van der Waals surface area contributed by atoms with Crippen molar-refractivity contribution in [3.63, 3.8) is 0 Å². The van der Waals surface area contributed by atoms with Gasteiger partial charge in [0.1, 0.15) is 0 Å². The highest BCUT2D eigenvalue weighted by atomic mass is 16.1. The fourth-order valence-electron chi connectivity index (χ4n) is 1.09. The lowest BCUT2D eigenvalue weighted by Crippen LogP contribution is -2.36. The molecule has 0 aliphatic heterocycles. The van der Waals surface area contributed by atoms with Crippen LogP contribution >= 0.6 is 0 Å². The van der Waals surface area contributed by atoms with Gasteiger partial charge in [-0.25, -0.2) is 0 Å². The zero-order valence-corrected chi connectivity index (χ0v) is 8.60. The highest BCUT2D eigenvalue weighted by molar-refractivity contribution is 5.77. The first-order chi connectivity index (χ1) is 6.18. The van der Waals surface area contributed by atoms with Gasteiger partial charge in [0.25, 0.3) is 0 Å².